The van der Waals surface area contributed by atoms with Gasteiger partial charge in [0.25, 0.3) is 0 Å². The molecule has 0 amide bonds. The predicted octanol–water partition coefficient (Wildman–Crippen LogP) is 2.60. The van der Waals surface area contributed by atoms with Crippen LogP contribution in [0.3, 0.4) is 0 Å². The third kappa shape index (κ3) is 1.64. The number of rotatable bonds is 0. The summed E-state index contributed by atoms with van der Waals surface area (Å²) in [6.45, 7) is 0. The van der Waals surface area contributed by atoms with Crippen LogP contribution in [0.25, 0.3) is 0 Å². The Labute approximate surface area is 85.7 Å². The van der Waals surface area contributed by atoms with Gasteiger partial charge in [0.2, 0.25) is 0 Å². The fourth-order valence-electron chi connectivity index (χ4n) is 1.69. The second kappa shape index (κ2) is 3.87. The molecule has 1 aliphatic heterocycles. The molecule has 0 saturated heterocycles. The van der Waals surface area contributed by atoms with Crippen LogP contribution in [0.4, 0.5) is 8.78 Å². The molecule has 0 spiro atoms. The lowest BCUT2D eigenvalue weighted by molar-refractivity contribution is 0.552. The Morgan fingerprint density at radius 2 is 2.00 bits per heavy atom. The van der Waals surface area contributed by atoms with Gasteiger partial charge in [0, 0.05) is 22.9 Å². The maximum absolute atomic E-state index is 13.4. The van der Waals surface area contributed by atoms with Gasteiger partial charge in [-0.2, -0.15) is 11.8 Å². The van der Waals surface area contributed by atoms with E-state index in [1.165, 1.54) is 6.07 Å². The van der Waals surface area contributed by atoms with Crippen LogP contribution in [-0.4, -0.2) is 5.75 Å². The molecule has 1 aromatic rings. The fraction of sp³-hybridized carbons (Fsp3) is 0.400. The number of benzene rings is 1. The van der Waals surface area contributed by atoms with Crippen molar-refractivity contribution in [2.45, 2.75) is 18.2 Å². The minimum Gasteiger partial charge on any atom is -0.324 e. The molecule has 4 heteroatoms. The summed E-state index contributed by atoms with van der Waals surface area (Å²) in [5.74, 6) is 0.657. The van der Waals surface area contributed by atoms with Crippen LogP contribution < -0.4 is 5.73 Å². The molecule has 0 aromatic heterocycles. The highest BCUT2D eigenvalue weighted by atomic mass is 32.2. The van der Waals surface area contributed by atoms with Crippen LogP contribution in [-0.2, 0) is 5.75 Å². The van der Waals surface area contributed by atoms with E-state index in [0.717, 1.165) is 11.8 Å². The molecule has 14 heavy (non-hydrogen) atoms. The van der Waals surface area contributed by atoms with E-state index in [1.807, 2.05) is 0 Å². The summed E-state index contributed by atoms with van der Waals surface area (Å²) in [6.07, 6.45) is 0.706. The van der Waals surface area contributed by atoms with Crippen LogP contribution in [0.15, 0.2) is 12.1 Å². The normalized spacial score (nSPS) is 21.5. The van der Waals surface area contributed by atoms with E-state index in [9.17, 15) is 8.78 Å². The predicted molar refractivity (Wildman–Crippen MR) is 54.1 cm³/mol. The Morgan fingerprint density at radius 3 is 2.79 bits per heavy atom. The first-order valence-electron chi connectivity index (χ1n) is 4.50. The molecule has 0 bridgehead atoms. The Kier molecular flexibility index (Phi) is 2.74. The van der Waals surface area contributed by atoms with E-state index in [1.54, 1.807) is 11.8 Å². The van der Waals surface area contributed by atoms with Crippen molar-refractivity contribution in [2.75, 3.05) is 5.75 Å². The highest BCUT2D eigenvalue weighted by Crippen LogP contribution is 2.32. The third-order valence-electron chi connectivity index (χ3n) is 2.44. The standard InChI is InChI=1S/C10H11F2NS/c11-7-1-2-8(12)10-6(7)5-14-4-3-9(10)13/h1-2,9H,3-5,13H2/t9-/m1/s1. The first-order valence-corrected chi connectivity index (χ1v) is 5.65. The zero-order chi connectivity index (χ0) is 10.1. The van der Waals surface area contributed by atoms with Crippen molar-refractivity contribution in [3.63, 3.8) is 0 Å². The molecule has 0 radical (unpaired) electrons. The molecule has 0 aliphatic carbocycles. The minimum absolute atomic E-state index is 0.341. The Morgan fingerprint density at radius 1 is 1.29 bits per heavy atom. The van der Waals surface area contributed by atoms with Gasteiger partial charge in [0.05, 0.1) is 0 Å². The lowest BCUT2D eigenvalue weighted by Gasteiger charge is -2.13. The van der Waals surface area contributed by atoms with Crippen molar-refractivity contribution in [1.82, 2.24) is 0 Å². The van der Waals surface area contributed by atoms with Crippen molar-refractivity contribution in [2.24, 2.45) is 5.73 Å². The van der Waals surface area contributed by atoms with Crippen molar-refractivity contribution < 1.29 is 8.78 Å². The van der Waals surface area contributed by atoms with Crippen LogP contribution in [0.5, 0.6) is 0 Å². The molecule has 1 aliphatic rings. The highest BCUT2D eigenvalue weighted by Gasteiger charge is 2.21. The van der Waals surface area contributed by atoms with E-state index in [-0.39, 0.29) is 17.7 Å². The van der Waals surface area contributed by atoms with Crippen molar-refractivity contribution in [3.05, 3.63) is 34.9 Å². The largest absolute Gasteiger partial charge is 0.324 e. The molecule has 1 nitrogen and oxygen atoms in total. The second-order valence-electron chi connectivity index (χ2n) is 3.37. The zero-order valence-corrected chi connectivity index (χ0v) is 8.41. The van der Waals surface area contributed by atoms with Gasteiger partial charge in [-0.25, -0.2) is 8.78 Å². The summed E-state index contributed by atoms with van der Waals surface area (Å²) >= 11 is 1.60. The molecule has 0 fully saturated rings. The first-order chi connectivity index (χ1) is 6.70. The number of halogens is 2. The summed E-state index contributed by atoms with van der Waals surface area (Å²) in [7, 11) is 0. The smallest absolute Gasteiger partial charge is 0.128 e. The summed E-state index contributed by atoms with van der Waals surface area (Å²) in [6, 6.07) is 1.97. The number of hydrogen-bond donors (Lipinski definition) is 1. The number of fused-ring (bicyclic) bond motifs is 1. The van der Waals surface area contributed by atoms with E-state index in [0.29, 0.717) is 23.3 Å². The van der Waals surface area contributed by atoms with Gasteiger partial charge in [-0.05, 0) is 24.3 Å². The molecule has 76 valence electrons. The lowest BCUT2D eigenvalue weighted by atomic mass is 9.99. The lowest BCUT2D eigenvalue weighted by Crippen LogP contribution is -2.14. The van der Waals surface area contributed by atoms with Gasteiger partial charge in [-0.15, -0.1) is 0 Å². The molecule has 1 aromatic carbocycles. The van der Waals surface area contributed by atoms with Crippen LogP contribution in [0, 0.1) is 11.6 Å². The Hall–Kier alpha value is -0.610. The monoisotopic (exact) mass is 215 g/mol. The number of hydrogen-bond acceptors (Lipinski definition) is 2. The molecule has 0 unspecified atom stereocenters. The van der Waals surface area contributed by atoms with Gasteiger partial charge >= 0.3 is 0 Å². The highest BCUT2D eigenvalue weighted by molar-refractivity contribution is 7.98. The molecule has 1 atom stereocenters. The van der Waals surface area contributed by atoms with Gasteiger partial charge in [-0.3, -0.25) is 0 Å². The molecular formula is C10H11F2NS. The van der Waals surface area contributed by atoms with Crippen LogP contribution in [0.2, 0.25) is 0 Å². The fourth-order valence-corrected chi connectivity index (χ4v) is 2.75. The zero-order valence-electron chi connectivity index (χ0n) is 7.59. The average molecular weight is 215 g/mol. The van der Waals surface area contributed by atoms with E-state index in [2.05, 4.69) is 0 Å². The van der Waals surface area contributed by atoms with E-state index in [4.69, 9.17) is 5.73 Å². The first kappa shape index (κ1) is 9.93. The maximum Gasteiger partial charge on any atom is 0.128 e. The Balaban J connectivity index is 2.57. The summed E-state index contributed by atoms with van der Waals surface area (Å²) in [5.41, 5.74) is 6.61. The van der Waals surface area contributed by atoms with Gasteiger partial charge in [0.15, 0.2) is 0 Å². The molecule has 0 saturated carbocycles. The quantitative estimate of drug-likeness (QED) is 0.720. The summed E-state index contributed by atoms with van der Waals surface area (Å²) in [5, 5.41) is 0. The summed E-state index contributed by atoms with van der Waals surface area (Å²) in [4.78, 5) is 0. The van der Waals surface area contributed by atoms with E-state index >= 15 is 0 Å². The summed E-state index contributed by atoms with van der Waals surface area (Å²) < 4.78 is 26.8. The van der Waals surface area contributed by atoms with Crippen LogP contribution >= 0.6 is 11.8 Å². The molecular weight excluding hydrogens is 204 g/mol. The van der Waals surface area contributed by atoms with Gasteiger partial charge < -0.3 is 5.73 Å². The Bertz CT molecular complexity index is 354. The molecule has 1 heterocycles. The topological polar surface area (TPSA) is 26.0 Å². The molecule has 2 rings (SSSR count). The van der Waals surface area contributed by atoms with Gasteiger partial charge in [0.1, 0.15) is 11.6 Å². The van der Waals surface area contributed by atoms with Crippen LogP contribution in [0.1, 0.15) is 23.6 Å². The van der Waals surface area contributed by atoms with Crippen molar-refractivity contribution in [3.8, 4) is 0 Å². The third-order valence-corrected chi connectivity index (χ3v) is 3.45. The number of thioether (sulfide) groups is 1. The van der Waals surface area contributed by atoms with E-state index < -0.39 is 0 Å². The maximum atomic E-state index is 13.4. The minimum atomic E-state index is -0.378. The molecule has 2 N–H and O–H groups in total. The van der Waals surface area contributed by atoms with Crippen molar-refractivity contribution >= 4 is 11.8 Å². The van der Waals surface area contributed by atoms with Crippen molar-refractivity contribution in [1.29, 1.82) is 0 Å². The average Bonchev–Trinajstić information content (AvgIpc) is 2.35. The van der Waals surface area contributed by atoms with Gasteiger partial charge in [-0.1, -0.05) is 0 Å². The number of nitrogens with two attached hydrogens (primary N) is 1. The SMILES string of the molecule is N[C@@H]1CCSCc2c(F)ccc(F)c21. The second-order valence-corrected chi connectivity index (χ2v) is 4.47.